The van der Waals surface area contributed by atoms with Crippen molar-refractivity contribution in [1.82, 2.24) is 20.3 Å². The number of carbonyl (C=O) groups excluding carboxylic acids is 1. The number of hydrogen-bond donors (Lipinski definition) is 2. The molecule has 0 saturated heterocycles. The van der Waals surface area contributed by atoms with Crippen molar-refractivity contribution in [3.63, 3.8) is 0 Å². The third-order valence-electron chi connectivity index (χ3n) is 4.45. The number of pyridine rings is 1. The predicted octanol–water partition coefficient (Wildman–Crippen LogP) is 3.07. The largest absolute Gasteiger partial charge is 0.349 e. The predicted molar refractivity (Wildman–Crippen MR) is 108 cm³/mol. The van der Waals surface area contributed by atoms with Gasteiger partial charge in [-0.15, -0.1) is 0 Å². The van der Waals surface area contributed by atoms with Crippen LogP contribution in [0.1, 0.15) is 48.6 Å². The van der Waals surface area contributed by atoms with Gasteiger partial charge in [-0.3, -0.25) is 14.6 Å². The van der Waals surface area contributed by atoms with E-state index in [9.17, 15) is 14.0 Å². The molecule has 2 heterocycles. The van der Waals surface area contributed by atoms with E-state index in [-0.39, 0.29) is 29.6 Å². The van der Waals surface area contributed by atoms with Gasteiger partial charge in [-0.2, -0.15) is 0 Å². The summed E-state index contributed by atoms with van der Waals surface area (Å²) in [6.07, 6.45) is 2.06. The lowest BCUT2D eigenvalue weighted by atomic mass is 10.0. The standard InChI is InChI=1S/C22H23FN4O2/c1-14(2)22-25-18(13-21(29)27-22)11-19(15-6-8-16(23)9-7-15)26-20(28)12-17-5-3-4-10-24-17/h3-10,13-14,19H,11-12H2,1-2H3,(H,26,28)(H,25,27,29)/t19-/m0/s1. The number of carbonyl (C=O) groups is 1. The Morgan fingerprint density at radius 1 is 1.14 bits per heavy atom. The van der Waals surface area contributed by atoms with E-state index < -0.39 is 6.04 Å². The van der Waals surface area contributed by atoms with E-state index in [2.05, 4.69) is 20.3 Å². The van der Waals surface area contributed by atoms with Gasteiger partial charge in [0.15, 0.2) is 0 Å². The highest BCUT2D eigenvalue weighted by atomic mass is 19.1. The van der Waals surface area contributed by atoms with Crippen LogP contribution < -0.4 is 10.9 Å². The quantitative estimate of drug-likeness (QED) is 0.645. The number of H-pyrrole nitrogens is 1. The zero-order chi connectivity index (χ0) is 20.8. The van der Waals surface area contributed by atoms with E-state index in [0.717, 1.165) is 5.56 Å². The van der Waals surface area contributed by atoms with Crippen molar-refractivity contribution < 1.29 is 9.18 Å². The van der Waals surface area contributed by atoms with Crippen LogP contribution in [0.3, 0.4) is 0 Å². The molecule has 0 aliphatic heterocycles. The lowest BCUT2D eigenvalue weighted by Gasteiger charge is -2.19. The van der Waals surface area contributed by atoms with Crippen molar-refractivity contribution in [3.8, 4) is 0 Å². The molecule has 0 unspecified atom stereocenters. The van der Waals surface area contributed by atoms with Crippen LogP contribution in [0.5, 0.6) is 0 Å². The summed E-state index contributed by atoms with van der Waals surface area (Å²) in [6.45, 7) is 3.88. The number of halogens is 1. The van der Waals surface area contributed by atoms with E-state index in [0.29, 0.717) is 23.6 Å². The van der Waals surface area contributed by atoms with Crippen molar-refractivity contribution in [2.45, 2.75) is 38.6 Å². The molecular formula is C22H23FN4O2. The second-order valence-corrected chi connectivity index (χ2v) is 7.15. The number of aromatic amines is 1. The van der Waals surface area contributed by atoms with Gasteiger partial charge in [0, 0.05) is 30.3 Å². The van der Waals surface area contributed by atoms with E-state index in [1.165, 1.54) is 18.2 Å². The Balaban J connectivity index is 1.84. The Hall–Kier alpha value is -3.35. The number of benzene rings is 1. The van der Waals surface area contributed by atoms with Crippen molar-refractivity contribution in [2.75, 3.05) is 0 Å². The molecule has 0 fully saturated rings. The Labute approximate surface area is 168 Å². The van der Waals surface area contributed by atoms with Gasteiger partial charge in [-0.05, 0) is 29.8 Å². The van der Waals surface area contributed by atoms with Gasteiger partial charge in [0.2, 0.25) is 5.91 Å². The van der Waals surface area contributed by atoms with Gasteiger partial charge < -0.3 is 10.3 Å². The molecule has 7 heteroatoms. The molecule has 0 bridgehead atoms. The maximum absolute atomic E-state index is 13.4. The average Bonchev–Trinajstić information content (AvgIpc) is 2.68. The van der Waals surface area contributed by atoms with Crippen molar-refractivity contribution in [2.24, 2.45) is 0 Å². The fourth-order valence-corrected chi connectivity index (χ4v) is 2.98. The Morgan fingerprint density at radius 3 is 2.55 bits per heavy atom. The highest BCUT2D eigenvalue weighted by molar-refractivity contribution is 5.78. The molecule has 0 radical (unpaired) electrons. The molecule has 0 aliphatic carbocycles. The molecule has 2 N–H and O–H groups in total. The number of nitrogens with zero attached hydrogens (tertiary/aromatic N) is 2. The molecule has 3 aromatic rings. The smallest absolute Gasteiger partial charge is 0.251 e. The molecule has 1 atom stereocenters. The minimum absolute atomic E-state index is 0.0608. The van der Waals surface area contributed by atoms with E-state index in [4.69, 9.17) is 0 Å². The summed E-state index contributed by atoms with van der Waals surface area (Å²) in [5.74, 6) is 0.0754. The highest BCUT2D eigenvalue weighted by Crippen LogP contribution is 2.19. The molecule has 1 amide bonds. The minimum Gasteiger partial charge on any atom is -0.349 e. The van der Waals surface area contributed by atoms with Gasteiger partial charge >= 0.3 is 0 Å². The first-order valence-electron chi connectivity index (χ1n) is 9.45. The van der Waals surface area contributed by atoms with Crippen LogP contribution >= 0.6 is 0 Å². The van der Waals surface area contributed by atoms with Crippen LogP contribution in [0.15, 0.2) is 59.5 Å². The monoisotopic (exact) mass is 394 g/mol. The Kier molecular flexibility index (Phi) is 6.49. The summed E-state index contributed by atoms with van der Waals surface area (Å²) in [7, 11) is 0. The number of nitrogens with one attached hydrogen (secondary N) is 2. The molecule has 150 valence electrons. The summed E-state index contributed by atoms with van der Waals surface area (Å²) in [5.41, 5.74) is 1.70. The fraction of sp³-hybridized carbons (Fsp3) is 0.273. The third kappa shape index (κ3) is 5.81. The van der Waals surface area contributed by atoms with Crippen molar-refractivity contribution >= 4 is 5.91 Å². The first kappa shape index (κ1) is 20.4. The molecule has 0 aliphatic rings. The zero-order valence-electron chi connectivity index (χ0n) is 16.4. The van der Waals surface area contributed by atoms with Crippen molar-refractivity contribution in [3.05, 3.63) is 93.7 Å². The van der Waals surface area contributed by atoms with Gasteiger partial charge in [0.1, 0.15) is 11.6 Å². The molecule has 1 aromatic carbocycles. The van der Waals surface area contributed by atoms with Gasteiger partial charge in [-0.25, -0.2) is 9.37 Å². The number of aromatic nitrogens is 3. The van der Waals surface area contributed by atoms with Crippen LogP contribution in [0.25, 0.3) is 0 Å². The number of hydrogen-bond acceptors (Lipinski definition) is 4. The van der Waals surface area contributed by atoms with Crippen LogP contribution in [-0.2, 0) is 17.6 Å². The normalized spacial score (nSPS) is 12.0. The first-order chi connectivity index (χ1) is 13.9. The van der Waals surface area contributed by atoms with Crippen molar-refractivity contribution in [1.29, 1.82) is 0 Å². The fourth-order valence-electron chi connectivity index (χ4n) is 2.98. The number of amides is 1. The van der Waals surface area contributed by atoms with Crippen LogP contribution in [0.4, 0.5) is 4.39 Å². The molecular weight excluding hydrogens is 371 g/mol. The van der Waals surface area contributed by atoms with E-state index >= 15 is 0 Å². The number of rotatable bonds is 7. The van der Waals surface area contributed by atoms with Gasteiger partial charge in [0.25, 0.3) is 5.56 Å². The molecule has 3 rings (SSSR count). The second-order valence-electron chi connectivity index (χ2n) is 7.15. The summed E-state index contributed by atoms with van der Waals surface area (Å²) in [4.78, 5) is 36.0. The van der Waals surface area contributed by atoms with Crippen LogP contribution in [0, 0.1) is 5.82 Å². The lowest BCUT2D eigenvalue weighted by molar-refractivity contribution is -0.121. The second kappa shape index (κ2) is 9.23. The van der Waals surface area contributed by atoms with Crippen LogP contribution in [0.2, 0.25) is 0 Å². The molecule has 0 spiro atoms. The third-order valence-corrected chi connectivity index (χ3v) is 4.45. The van der Waals surface area contributed by atoms with Crippen LogP contribution in [-0.4, -0.2) is 20.9 Å². The Morgan fingerprint density at radius 2 is 1.90 bits per heavy atom. The topological polar surface area (TPSA) is 87.7 Å². The van der Waals surface area contributed by atoms with E-state index in [1.54, 1.807) is 30.5 Å². The van der Waals surface area contributed by atoms with E-state index in [1.807, 2.05) is 19.9 Å². The summed E-state index contributed by atoms with van der Waals surface area (Å²) >= 11 is 0. The summed E-state index contributed by atoms with van der Waals surface area (Å²) in [6, 6.07) is 12.3. The average molecular weight is 394 g/mol. The zero-order valence-corrected chi connectivity index (χ0v) is 16.4. The molecule has 6 nitrogen and oxygen atoms in total. The molecule has 29 heavy (non-hydrogen) atoms. The van der Waals surface area contributed by atoms with Gasteiger partial charge in [-0.1, -0.05) is 32.0 Å². The van der Waals surface area contributed by atoms with Gasteiger partial charge in [0.05, 0.1) is 18.2 Å². The lowest BCUT2D eigenvalue weighted by Crippen LogP contribution is -2.32. The summed E-state index contributed by atoms with van der Waals surface area (Å²) in [5, 5.41) is 2.96. The molecule has 0 saturated carbocycles. The molecule has 2 aromatic heterocycles. The minimum atomic E-state index is -0.457. The highest BCUT2D eigenvalue weighted by Gasteiger charge is 2.18. The summed E-state index contributed by atoms with van der Waals surface area (Å²) < 4.78 is 13.4. The SMILES string of the molecule is CC(C)c1nc(C[C@H](NC(=O)Cc2ccccn2)c2ccc(F)cc2)cc(=O)[nH]1. The Bertz CT molecular complexity index is 1020. The maximum atomic E-state index is 13.4. The first-order valence-corrected chi connectivity index (χ1v) is 9.45. The maximum Gasteiger partial charge on any atom is 0.251 e.